The number of nitrogens with zero attached hydrogens (tertiary/aromatic N) is 3. The minimum atomic E-state index is -0.0710. The molecule has 0 saturated carbocycles. The van der Waals surface area contributed by atoms with Crippen LogP contribution < -0.4 is 4.90 Å². The zero-order valence-corrected chi connectivity index (χ0v) is 16.1. The maximum absolute atomic E-state index is 13.1. The van der Waals surface area contributed by atoms with E-state index in [0.29, 0.717) is 19.5 Å². The quantitative estimate of drug-likeness (QED) is 0.753. The molecule has 0 atom stereocenters. The fraction of sp³-hybridized carbons (Fsp3) is 0.429. The van der Waals surface area contributed by atoms with Crippen molar-refractivity contribution in [1.82, 2.24) is 9.80 Å². The van der Waals surface area contributed by atoms with Gasteiger partial charge < -0.3 is 19.1 Å². The predicted molar refractivity (Wildman–Crippen MR) is 104 cm³/mol. The van der Waals surface area contributed by atoms with E-state index in [2.05, 4.69) is 0 Å². The molecule has 6 nitrogen and oxygen atoms in total. The number of fused-ring (bicyclic) bond motifs is 1. The van der Waals surface area contributed by atoms with Gasteiger partial charge in [-0.2, -0.15) is 0 Å². The van der Waals surface area contributed by atoms with Crippen LogP contribution in [0, 0.1) is 0 Å². The van der Waals surface area contributed by atoms with Crippen LogP contribution in [0.3, 0.4) is 0 Å². The van der Waals surface area contributed by atoms with Crippen LogP contribution in [-0.4, -0.2) is 55.3 Å². The topological polar surface area (TPSA) is 57.0 Å². The Balaban J connectivity index is 1.78. The minimum Gasteiger partial charge on any atom is -0.467 e. The SMILES string of the molecule is CN(C)CCN(Cc1ccco1)C(=O)CN1C(=O)CCCc2ccccc21. The lowest BCUT2D eigenvalue weighted by molar-refractivity contribution is -0.132. The van der Waals surface area contributed by atoms with Gasteiger partial charge in [0.15, 0.2) is 0 Å². The van der Waals surface area contributed by atoms with E-state index in [4.69, 9.17) is 4.42 Å². The number of rotatable bonds is 7. The summed E-state index contributed by atoms with van der Waals surface area (Å²) in [5, 5.41) is 0. The molecule has 2 heterocycles. The van der Waals surface area contributed by atoms with Crippen LogP contribution in [0.2, 0.25) is 0 Å². The average molecular weight is 369 g/mol. The highest BCUT2D eigenvalue weighted by atomic mass is 16.3. The van der Waals surface area contributed by atoms with Gasteiger partial charge in [0.2, 0.25) is 11.8 Å². The van der Waals surface area contributed by atoms with Crippen molar-refractivity contribution in [3.8, 4) is 0 Å². The number of carbonyl (C=O) groups is 2. The van der Waals surface area contributed by atoms with Crippen LogP contribution in [0.15, 0.2) is 47.1 Å². The van der Waals surface area contributed by atoms with Crippen LogP contribution >= 0.6 is 0 Å². The van der Waals surface area contributed by atoms with Gasteiger partial charge in [-0.05, 0) is 50.7 Å². The number of hydrogen-bond donors (Lipinski definition) is 0. The smallest absolute Gasteiger partial charge is 0.243 e. The Morgan fingerprint density at radius 3 is 2.67 bits per heavy atom. The Hall–Kier alpha value is -2.60. The van der Waals surface area contributed by atoms with E-state index in [1.807, 2.05) is 55.4 Å². The highest BCUT2D eigenvalue weighted by molar-refractivity contribution is 5.99. The normalized spacial score (nSPS) is 14.2. The third-order valence-corrected chi connectivity index (χ3v) is 4.81. The van der Waals surface area contributed by atoms with E-state index in [9.17, 15) is 9.59 Å². The molecule has 2 aromatic rings. The molecule has 0 saturated heterocycles. The van der Waals surface area contributed by atoms with E-state index in [-0.39, 0.29) is 18.4 Å². The molecule has 0 unspecified atom stereocenters. The standard InChI is InChI=1S/C21H27N3O3/c1-22(2)12-13-23(15-18-9-6-14-27-18)21(26)16-24-19-10-4-3-7-17(19)8-5-11-20(24)25/h3-4,6-7,9-10,14H,5,8,11-13,15-16H2,1-2H3. The summed E-state index contributed by atoms with van der Waals surface area (Å²) < 4.78 is 5.42. The number of para-hydroxylation sites is 1. The zero-order chi connectivity index (χ0) is 19.2. The van der Waals surface area contributed by atoms with Gasteiger partial charge in [-0.15, -0.1) is 0 Å². The molecule has 0 aliphatic carbocycles. The van der Waals surface area contributed by atoms with Crippen molar-refractivity contribution < 1.29 is 14.0 Å². The molecule has 1 aliphatic heterocycles. The van der Waals surface area contributed by atoms with Crippen molar-refractivity contribution >= 4 is 17.5 Å². The molecule has 27 heavy (non-hydrogen) atoms. The van der Waals surface area contributed by atoms with E-state index < -0.39 is 0 Å². The molecule has 0 bridgehead atoms. The second kappa shape index (κ2) is 8.86. The minimum absolute atomic E-state index is 0.0128. The van der Waals surface area contributed by atoms with Gasteiger partial charge in [0.1, 0.15) is 12.3 Å². The maximum atomic E-state index is 13.1. The lowest BCUT2D eigenvalue weighted by Gasteiger charge is -2.28. The largest absolute Gasteiger partial charge is 0.467 e. The predicted octanol–water partition coefficient (Wildman–Crippen LogP) is 2.54. The molecule has 2 amide bonds. The van der Waals surface area contributed by atoms with Gasteiger partial charge in [0.25, 0.3) is 0 Å². The average Bonchev–Trinajstić information content (AvgIpc) is 3.11. The van der Waals surface area contributed by atoms with Crippen molar-refractivity contribution in [1.29, 1.82) is 0 Å². The summed E-state index contributed by atoms with van der Waals surface area (Å²) >= 11 is 0. The zero-order valence-electron chi connectivity index (χ0n) is 16.1. The van der Waals surface area contributed by atoms with Crippen LogP contribution in [-0.2, 0) is 22.6 Å². The Kier molecular flexibility index (Phi) is 6.29. The summed E-state index contributed by atoms with van der Waals surface area (Å²) in [5.41, 5.74) is 1.99. The molecule has 0 N–H and O–H groups in total. The summed E-state index contributed by atoms with van der Waals surface area (Å²) in [5.74, 6) is 0.682. The molecule has 1 aromatic carbocycles. The summed E-state index contributed by atoms with van der Waals surface area (Å²) in [6, 6.07) is 11.6. The van der Waals surface area contributed by atoms with Gasteiger partial charge in [-0.1, -0.05) is 18.2 Å². The highest BCUT2D eigenvalue weighted by Crippen LogP contribution is 2.26. The number of likely N-dealkylation sites (N-methyl/N-ethyl adjacent to an activating group) is 1. The number of hydrogen-bond acceptors (Lipinski definition) is 4. The molecule has 144 valence electrons. The van der Waals surface area contributed by atoms with E-state index in [1.54, 1.807) is 16.1 Å². The molecule has 0 spiro atoms. The van der Waals surface area contributed by atoms with Gasteiger partial charge >= 0.3 is 0 Å². The van der Waals surface area contributed by atoms with Crippen molar-refractivity contribution in [2.24, 2.45) is 0 Å². The number of amides is 2. The molecule has 6 heteroatoms. The summed E-state index contributed by atoms with van der Waals surface area (Å²) in [6.07, 6.45) is 3.76. The number of aryl methyl sites for hydroxylation is 1. The molecule has 1 aromatic heterocycles. The first-order chi connectivity index (χ1) is 13.0. The fourth-order valence-corrected chi connectivity index (χ4v) is 3.30. The molecule has 0 fully saturated rings. The maximum Gasteiger partial charge on any atom is 0.243 e. The van der Waals surface area contributed by atoms with Crippen LogP contribution in [0.4, 0.5) is 5.69 Å². The number of anilines is 1. The third kappa shape index (κ3) is 4.98. The summed E-state index contributed by atoms with van der Waals surface area (Å²) in [4.78, 5) is 31.2. The molecule has 0 radical (unpaired) electrons. The Labute approximate surface area is 160 Å². The van der Waals surface area contributed by atoms with Gasteiger partial charge in [0, 0.05) is 25.2 Å². The van der Waals surface area contributed by atoms with Crippen LogP contribution in [0.5, 0.6) is 0 Å². The van der Waals surface area contributed by atoms with E-state index >= 15 is 0 Å². The number of furan rings is 1. The van der Waals surface area contributed by atoms with Crippen molar-refractivity contribution in [3.05, 3.63) is 54.0 Å². The molecular weight excluding hydrogens is 342 g/mol. The molecular formula is C21H27N3O3. The first-order valence-corrected chi connectivity index (χ1v) is 9.38. The van der Waals surface area contributed by atoms with E-state index in [0.717, 1.165) is 36.4 Å². The first-order valence-electron chi connectivity index (χ1n) is 9.38. The second-order valence-corrected chi connectivity index (χ2v) is 7.16. The molecule has 1 aliphatic rings. The fourth-order valence-electron chi connectivity index (χ4n) is 3.30. The Morgan fingerprint density at radius 1 is 1.11 bits per heavy atom. The number of carbonyl (C=O) groups excluding carboxylic acids is 2. The molecule has 3 rings (SSSR count). The third-order valence-electron chi connectivity index (χ3n) is 4.81. The lowest BCUT2D eigenvalue weighted by Crippen LogP contribution is -2.44. The highest BCUT2D eigenvalue weighted by Gasteiger charge is 2.26. The van der Waals surface area contributed by atoms with Gasteiger partial charge in [0.05, 0.1) is 12.8 Å². The van der Waals surface area contributed by atoms with E-state index in [1.165, 1.54) is 0 Å². The first kappa shape index (κ1) is 19.2. The van der Waals surface area contributed by atoms with Gasteiger partial charge in [-0.25, -0.2) is 0 Å². The van der Waals surface area contributed by atoms with Crippen LogP contribution in [0.1, 0.15) is 24.2 Å². The van der Waals surface area contributed by atoms with Crippen molar-refractivity contribution in [2.45, 2.75) is 25.8 Å². The number of benzene rings is 1. The van der Waals surface area contributed by atoms with Crippen molar-refractivity contribution in [3.63, 3.8) is 0 Å². The van der Waals surface area contributed by atoms with Crippen LogP contribution in [0.25, 0.3) is 0 Å². The van der Waals surface area contributed by atoms with Gasteiger partial charge in [-0.3, -0.25) is 9.59 Å². The Morgan fingerprint density at radius 2 is 1.93 bits per heavy atom. The summed E-state index contributed by atoms with van der Waals surface area (Å²) in [6.45, 7) is 1.79. The monoisotopic (exact) mass is 369 g/mol. The summed E-state index contributed by atoms with van der Waals surface area (Å²) in [7, 11) is 3.95. The second-order valence-electron chi connectivity index (χ2n) is 7.16. The lowest BCUT2D eigenvalue weighted by atomic mass is 10.1. The van der Waals surface area contributed by atoms with Crippen molar-refractivity contribution in [2.75, 3.05) is 38.6 Å². The Bertz CT molecular complexity index is 771.